The molecule has 0 heterocycles. The predicted octanol–water partition coefficient (Wildman–Crippen LogP) is 0.598. The molecule has 0 aliphatic carbocycles. The SMILES string of the molecule is CCOC(=O)CCCNCC(=O)NCC(F)(F)F. The van der Waals surface area contributed by atoms with Gasteiger partial charge in [0.15, 0.2) is 0 Å². The lowest BCUT2D eigenvalue weighted by atomic mass is 10.3. The summed E-state index contributed by atoms with van der Waals surface area (Å²) in [5.74, 6) is -1.07. The molecule has 5 nitrogen and oxygen atoms in total. The number of carbonyl (C=O) groups excluding carboxylic acids is 2. The van der Waals surface area contributed by atoms with E-state index in [1.165, 1.54) is 0 Å². The largest absolute Gasteiger partial charge is 0.466 e. The molecule has 0 aromatic heterocycles. The average Bonchev–Trinajstić information content (AvgIpc) is 2.25. The lowest BCUT2D eigenvalue weighted by molar-refractivity contribution is -0.143. The smallest absolute Gasteiger partial charge is 0.405 e. The summed E-state index contributed by atoms with van der Waals surface area (Å²) in [6, 6.07) is 0. The van der Waals surface area contributed by atoms with Crippen LogP contribution in [0.2, 0.25) is 0 Å². The van der Waals surface area contributed by atoms with E-state index in [4.69, 9.17) is 0 Å². The fourth-order valence-electron chi connectivity index (χ4n) is 1.05. The Labute approximate surface area is 103 Å². The number of esters is 1. The summed E-state index contributed by atoms with van der Waals surface area (Å²) in [7, 11) is 0. The van der Waals surface area contributed by atoms with Crippen molar-refractivity contribution in [1.82, 2.24) is 10.6 Å². The Morgan fingerprint density at radius 3 is 2.50 bits per heavy atom. The van der Waals surface area contributed by atoms with E-state index in [2.05, 4.69) is 10.1 Å². The number of hydrogen-bond acceptors (Lipinski definition) is 4. The average molecular weight is 270 g/mol. The number of ether oxygens (including phenoxy) is 1. The Morgan fingerprint density at radius 1 is 1.28 bits per heavy atom. The highest BCUT2D eigenvalue weighted by atomic mass is 19.4. The topological polar surface area (TPSA) is 67.4 Å². The second kappa shape index (κ2) is 8.73. The molecular formula is C10H17F3N2O3. The van der Waals surface area contributed by atoms with Crippen molar-refractivity contribution in [3.05, 3.63) is 0 Å². The molecule has 0 rings (SSSR count). The van der Waals surface area contributed by atoms with Gasteiger partial charge in [-0.15, -0.1) is 0 Å². The maximum absolute atomic E-state index is 11.7. The molecule has 0 spiro atoms. The molecule has 8 heteroatoms. The van der Waals surface area contributed by atoms with Gasteiger partial charge in [0.25, 0.3) is 0 Å². The fourth-order valence-corrected chi connectivity index (χ4v) is 1.05. The van der Waals surface area contributed by atoms with Crippen molar-refractivity contribution in [2.45, 2.75) is 25.9 Å². The summed E-state index contributed by atoms with van der Waals surface area (Å²) in [5.41, 5.74) is 0. The van der Waals surface area contributed by atoms with Gasteiger partial charge in [-0.05, 0) is 19.9 Å². The first-order chi connectivity index (χ1) is 8.35. The van der Waals surface area contributed by atoms with Crippen LogP contribution < -0.4 is 10.6 Å². The number of amides is 1. The van der Waals surface area contributed by atoms with E-state index in [9.17, 15) is 22.8 Å². The number of rotatable bonds is 8. The zero-order valence-corrected chi connectivity index (χ0v) is 10.1. The number of hydrogen-bond donors (Lipinski definition) is 2. The van der Waals surface area contributed by atoms with Crippen LogP contribution in [0.5, 0.6) is 0 Å². The quantitative estimate of drug-likeness (QED) is 0.500. The van der Waals surface area contributed by atoms with Crippen LogP contribution in [0, 0.1) is 0 Å². The van der Waals surface area contributed by atoms with E-state index in [0.29, 0.717) is 19.6 Å². The number of carbonyl (C=O) groups is 2. The molecule has 0 fully saturated rings. The Hall–Kier alpha value is -1.31. The Kier molecular flexibility index (Phi) is 8.10. The minimum Gasteiger partial charge on any atom is -0.466 e. The molecular weight excluding hydrogens is 253 g/mol. The normalized spacial score (nSPS) is 11.1. The molecule has 0 unspecified atom stereocenters. The lowest BCUT2D eigenvalue weighted by Crippen LogP contribution is -2.39. The highest BCUT2D eigenvalue weighted by Crippen LogP contribution is 2.11. The van der Waals surface area contributed by atoms with E-state index in [1.54, 1.807) is 12.2 Å². The lowest BCUT2D eigenvalue weighted by Gasteiger charge is -2.08. The zero-order valence-electron chi connectivity index (χ0n) is 10.1. The minimum absolute atomic E-state index is 0.209. The highest BCUT2D eigenvalue weighted by molar-refractivity contribution is 5.78. The molecule has 0 atom stereocenters. The van der Waals surface area contributed by atoms with Gasteiger partial charge < -0.3 is 15.4 Å². The molecule has 1 amide bonds. The Morgan fingerprint density at radius 2 is 1.94 bits per heavy atom. The van der Waals surface area contributed by atoms with Crippen LogP contribution in [0.25, 0.3) is 0 Å². The molecule has 0 bridgehead atoms. The van der Waals surface area contributed by atoms with Crippen LogP contribution in [0.1, 0.15) is 19.8 Å². The molecule has 0 saturated carbocycles. The molecule has 0 aliphatic heterocycles. The van der Waals surface area contributed by atoms with E-state index < -0.39 is 18.6 Å². The first-order valence-electron chi connectivity index (χ1n) is 5.55. The van der Waals surface area contributed by atoms with E-state index in [1.807, 2.05) is 0 Å². The third kappa shape index (κ3) is 11.2. The molecule has 18 heavy (non-hydrogen) atoms. The Balaban J connectivity index is 3.44. The molecule has 0 aromatic carbocycles. The number of halogens is 3. The van der Waals surface area contributed by atoms with Crippen LogP contribution in [0.3, 0.4) is 0 Å². The van der Waals surface area contributed by atoms with Gasteiger partial charge in [0.2, 0.25) is 5.91 Å². The maximum atomic E-state index is 11.7. The molecule has 0 radical (unpaired) electrons. The van der Waals surface area contributed by atoms with Gasteiger partial charge in [-0.25, -0.2) is 0 Å². The molecule has 0 aliphatic rings. The van der Waals surface area contributed by atoms with Gasteiger partial charge in [-0.3, -0.25) is 9.59 Å². The monoisotopic (exact) mass is 270 g/mol. The van der Waals surface area contributed by atoms with Gasteiger partial charge in [-0.2, -0.15) is 13.2 Å². The van der Waals surface area contributed by atoms with Gasteiger partial charge in [0.1, 0.15) is 6.54 Å². The van der Waals surface area contributed by atoms with Crippen molar-refractivity contribution in [1.29, 1.82) is 0 Å². The molecule has 2 N–H and O–H groups in total. The first-order valence-corrected chi connectivity index (χ1v) is 5.55. The van der Waals surface area contributed by atoms with E-state index in [-0.39, 0.29) is 18.9 Å². The second-order valence-corrected chi connectivity index (χ2v) is 3.48. The van der Waals surface area contributed by atoms with Crippen LogP contribution in [-0.2, 0) is 14.3 Å². The third-order valence-electron chi connectivity index (χ3n) is 1.81. The first kappa shape index (κ1) is 16.7. The van der Waals surface area contributed by atoms with Gasteiger partial charge in [0.05, 0.1) is 13.2 Å². The second-order valence-electron chi connectivity index (χ2n) is 3.48. The Bertz CT molecular complexity index is 270. The van der Waals surface area contributed by atoms with Crippen LogP contribution in [0.15, 0.2) is 0 Å². The zero-order chi connectivity index (χ0) is 14.0. The van der Waals surface area contributed by atoms with Crippen LogP contribution >= 0.6 is 0 Å². The molecule has 0 saturated heterocycles. The summed E-state index contributed by atoms with van der Waals surface area (Å²) < 4.78 is 39.9. The predicted molar refractivity (Wildman–Crippen MR) is 57.8 cm³/mol. The van der Waals surface area contributed by atoms with Gasteiger partial charge in [-0.1, -0.05) is 0 Å². The summed E-state index contributed by atoms with van der Waals surface area (Å²) in [6.45, 7) is 0.820. The van der Waals surface area contributed by atoms with Crippen molar-refractivity contribution in [2.24, 2.45) is 0 Å². The highest BCUT2D eigenvalue weighted by Gasteiger charge is 2.27. The van der Waals surface area contributed by atoms with Crippen molar-refractivity contribution in [3.8, 4) is 0 Å². The summed E-state index contributed by atoms with van der Waals surface area (Å²) in [6.07, 6.45) is -3.73. The van der Waals surface area contributed by atoms with Crippen molar-refractivity contribution >= 4 is 11.9 Å². The summed E-state index contributed by atoms with van der Waals surface area (Å²) in [4.78, 5) is 21.8. The number of nitrogens with one attached hydrogen (secondary N) is 2. The number of alkyl halides is 3. The van der Waals surface area contributed by atoms with E-state index >= 15 is 0 Å². The summed E-state index contributed by atoms with van der Waals surface area (Å²) >= 11 is 0. The molecule has 106 valence electrons. The van der Waals surface area contributed by atoms with Crippen LogP contribution in [-0.4, -0.2) is 44.3 Å². The molecule has 0 aromatic rings. The minimum atomic E-state index is -4.40. The third-order valence-corrected chi connectivity index (χ3v) is 1.81. The maximum Gasteiger partial charge on any atom is 0.405 e. The van der Waals surface area contributed by atoms with Crippen molar-refractivity contribution in [2.75, 3.05) is 26.2 Å². The van der Waals surface area contributed by atoms with Crippen molar-refractivity contribution in [3.63, 3.8) is 0 Å². The summed E-state index contributed by atoms with van der Waals surface area (Å²) in [5, 5.41) is 4.36. The fraction of sp³-hybridized carbons (Fsp3) is 0.800. The van der Waals surface area contributed by atoms with Crippen molar-refractivity contribution < 1.29 is 27.5 Å². The van der Waals surface area contributed by atoms with E-state index in [0.717, 1.165) is 0 Å². The van der Waals surface area contributed by atoms with Crippen LogP contribution in [0.4, 0.5) is 13.2 Å². The van der Waals surface area contributed by atoms with Gasteiger partial charge in [0, 0.05) is 6.42 Å². The standard InChI is InChI=1S/C10H17F3N2O3/c1-2-18-9(17)4-3-5-14-6-8(16)15-7-10(11,12)13/h14H,2-7H2,1H3,(H,15,16). The van der Waals surface area contributed by atoms with Gasteiger partial charge >= 0.3 is 12.1 Å².